The Kier molecular flexibility index (Phi) is 5.64. The highest BCUT2D eigenvalue weighted by atomic mass is 15.0. The summed E-state index contributed by atoms with van der Waals surface area (Å²) in [6.07, 6.45) is 0. The van der Waals surface area contributed by atoms with Gasteiger partial charge in [-0.2, -0.15) is 5.26 Å². The summed E-state index contributed by atoms with van der Waals surface area (Å²) in [6, 6.07) is 60.8. The molecular weight excluding hydrogens is 583 g/mol. The van der Waals surface area contributed by atoms with Crippen molar-refractivity contribution in [1.29, 1.82) is 5.26 Å². The molecule has 3 nitrogen and oxygen atoms in total. The molecule has 0 saturated heterocycles. The van der Waals surface area contributed by atoms with Gasteiger partial charge in [0, 0.05) is 32.9 Å². The van der Waals surface area contributed by atoms with Crippen LogP contribution in [0.15, 0.2) is 164 Å². The lowest BCUT2D eigenvalue weighted by Gasteiger charge is -2.14. The van der Waals surface area contributed by atoms with Crippen molar-refractivity contribution in [2.75, 3.05) is 0 Å². The van der Waals surface area contributed by atoms with Crippen LogP contribution >= 0.6 is 0 Å². The van der Waals surface area contributed by atoms with Crippen molar-refractivity contribution in [2.45, 2.75) is 0 Å². The van der Waals surface area contributed by atoms with Crippen LogP contribution in [0.1, 0.15) is 5.56 Å². The first-order chi connectivity index (χ1) is 23.8. The zero-order chi connectivity index (χ0) is 31.8. The van der Waals surface area contributed by atoms with E-state index >= 15 is 0 Å². The van der Waals surface area contributed by atoms with Crippen LogP contribution in [0.5, 0.6) is 0 Å². The molecule has 0 atom stereocenters. The van der Waals surface area contributed by atoms with Gasteiger partial charge in [-0.25, -0.2) is 0 Å². The number of nitriles is 1. The van der Waals surface area contributed by atoms with Gasteiger partial charge in [0.2, 0.25) is 0 Å². The van der Waals surface area contributed by atoms with Gasteiger partial charge < -0.3 is 9.13 Å². The van der Waals surface area contributed by atoms with E-state index in [-0.39, 0.29) is 0 Å². The van der Waals surface area contributed by atoms with E-state index in [1.54, 1.807) is 0 Å². The van der Waals surface area contributed by atoms with Crippen LogP contribution in [-0.4, -0.2) is 9.13 Å². The fourth-order valence-corrected chi connectivity index (χ4v) is 7.84. The van der Waals surface area contributed by atoms with Crippen LogP contribution in [0.3, 0.4) is 0 Å². The zero-order valence-corrected chi connectivity index (χ0v) is 25.9. The summed E-state index contributed by atoms with van der Waals surface area (Å²) < 4.78 is 4.85. The Bertz CT molecular complexity index is 2940. The maximum Gasteiger partial charge on any atom is 0.0991 e. The highest BCUT2D eigenvalue weighted by Crippen LogP contribution is 2.43. The Morgan fingerprint density at radius 3 is 1.83 bits per heavy atom. The quantitative estimate of drug-likeness (QED) is 0.183. The molecule has 0 N–H and O–H groups in total. The van der Waals surface area contributed by atoms with Gasteiger partial charge in [-0.3, -0.25) is 0 Å². The van der Waals surface area contributed by atoms with E-state index in [1.165, 1.54) is 65.2 Å². The van der Waals surface area contributed by atoms with Gasteiger partial charge in [-0.1, -0.05) is 103 Å². The standard InChI is InChI=1S/C45H27N3/c46-28-29-18-20-30(21-19-29)40-27-31-26-33(22-23-34(31)35-12-4-5-13-36(35)40)48-41-16-8-6-14-37(41)38-24-25-43-44(45(38)48)39-15-7-9-17-42(39)47(43)32-10-2-1-3-11-32/h1-27H. The summed E-state index contributed by atoms with van der Waals surface area (Å²) in [5, 5.41) is 19.2. The van der Waals surface area contributed by atoms with Crippen molar-refractivity contribution in [3.05, 3.63) is 169 Å². The summed E-state index contributed by atoms with van der Waals surface area (Å²) in [5.41, 5.74) is 9.99. The van der Waals surface area contributed by atoms with Gasteiger partial charge in [-0.15, -0.1) is 0 Å². The third kappa shape index (κ3) is 3.75. The minimum absolute atomic E-state index is 0.664. The largest absolute Gasteiger partial charge is 0.309 e. The van der Waals surface area contributed by atoms with E-state index in [1.807, 2.05) is 12.1 Å². The molecule has 0 fully saturated rings. The highest BCUT2D eigenvalue weighted by Gasteiger charge is 2.21. The summed E-state index contributed by atoms with van der Waals surface area (Å²) in [4.78, 5) is 0. The fraction of sp³-hybridized carbons (Fsp3) is 0. The molecular formula is C45H27N3. The normalized spacial score (nSPS) is 11.7. The second kappa shape index (κ2) is 10.2. The number of fused-ring (bicyclic) bond motifs is 10. The predicted molar refractivity (Wildman–Crippen MR) is 200 cm³/mol. The molecule has 0 aliphatic rings. The molecule has 0 spiro atoms. The Morgan fingerprint density at radius 2 is 1.06 bits per heavy atom. The average Bonchev–Trinajstić information content (AvgIpc) is 3.68. The van der Waals surface area contributed by atoms with Crippen molar-refractivity contribution in [3.63, 3.8) is 0 Å². The van der Waals surface area contributed by atoms with Crippen molar-refractivity contribution < 1.29 is 0 Å². The lowest BCUT2D eigenvalue weighted by molar-refractivity contribution is 1.18. The van der Waals surface area contributed by atoms with Gasteiger partial charge >= 0.3 is 0 Å². The second-order valence-corrected chi connectivity index (χ2v) is 12.5. The van der Waals surface area contributed by atoms with Crippen molar-refractivity contribution >= 4 is 65.2 Å². The topological polar surface area (TPSA) is 33.6 Å². The Hall–Kier alpha value is -6.63. The number of hydrogen-bond acceptors (Lipinski definition) is 1. The maximum absolute atomic E-state index is 9.41. The molecule has 0 radical (unpaired) electrons. The summed E-state index contributed by atoms with van der Waals surface area (Å²) in [5.74, 6) is 0. The fourth-order valence-electron chi connectivity index (χ4n) is 7.84. The number of rotatable bonds is 3. The number of nitrogens with zero attached hydrogens (tertiary/aromatic N) is 3. The van der Waals surface area contributed by atoms with Gasteiger partial charge in [0.05, 0.1) is 33.7 Å². The van der Waals surface area contributed by atoms with E-state index in [0.717, 1.165) is 22.5 Å². The first-order valence-electron chi connectivity index (χ1n) is 16.3. The number of hydrogen-bond donors (Lipinski definition) is 0. The van der Waals surface area contributed by atoms with Crippen LogP contribution in [0, 0.1) is 11.3 Å². The molecule has 0 unspecified atom stereocenters. The summed E-state index contributed by atoms with van der Waals surface area (Å²) in [6.45, 7) is 0. The first-order valence-corrected chi connectivity index (χ1v) is 16.3. The molecule has 3 heteroatoms. The number of aromatic nitrogens is 2. The van der Waals surface area contributed by atoms with E-state index in [9.17, 15) is 5.26 Å². The highest BCUT2D eigenvalue weighted by molar-refractivity contribution is 6.26. The summed E-state index contributed by atoms with van der Waals surface area (Å²) in [7, 11) is 0. The molecule has 0 aliphatic heterocycles. The molecule has 48 heavy (non-hydrogen) atoms. The van der Waals surface area contributed by atoms with Gasteiger partial charge in [-0.05, 0) is 93.3 Å². The van der Waals surface area contributed by atoms with E-state index in [0.29, 0.717) is 5.56 Å². The third-order valence-electron chi connectivity index (χ3n) is 9.91. The molecule has 2 aromatic heterocycles. The van der Waals surface area contributed by atoms with E-state index in [4.69, 9.17) is 0 Å². The summed E-state index contributed by atoms with van der Waals surface area (Å²) >= 11 is 0. The third-order valence-corrected chi connectivity index (χ3v) is 9.91. The molecule has 0 aliphatic carbocycles. The van der Waals surface area contributed by atoms with Crippen LogP contribution in [0.2, 0.25) is 0 Å². The smallest absolute Gasteiger partial charge is 0.0991 e. The minimum atomic E-state index is 0.664. The van der Waals surface area contributed by atoms with Crippen molar-refractivity contribution in [2.24, 2.45) is 0 Å². The lowest BCUT2D eigenvalue weighted by atomic mass is 9.92. The van der Waals surface area contributed by atoms with Crippen LogP contribution in [0.25, 0.3) is 87.7 Å². The predicted octanol–water partition coefficient (Wildman–Crippen LogP) is 11.7. The van der Waals surface area contributed by atoms with Crippen LogP contribution in [-0.2, 0) is 0 Å². The number of benzene rings is 8. The molecule has 0 bridgehead atoms. The SMILES string of the molecule is N#Cc1ccc(-c2cc3cc(-n4c5ccccc5c5ccc6c(c7ccccc7n6-c6ccccc6)c54)ccc3c3ccccc23)cc1. The first kappa shape index (κ1) is 26.6. The van der Waals surface area contributed by atoms with Crippen LogP contribution < -0.4 is 0 Å². The molecule has 2 heterocycles. The van der Waals surface area contributed by atoms with Crippen molar-refractivity contribution in [3.8, 4) is 28.6 Å². The lowest BCUT2D eigenvalue weighted by Crippen LogP contribution is -1.96. The van der Waals surface area contributed by atoms with E-state index < -0.39 is 0 Å². The molecule has 10 aromatic rings. The Balaban J connectivity index is 1.32. The minimum Gasteiger partial charge on any atom is -0.309 e. The average molecular weight is 610 g/mol. The molecule has 8 aromatic carbocycles. The zero-order valence-electron chi connectivity index (χ0n) is 25.9. The van der Waals surface area contributed by atoms with Crippen molar-refractivity contribution in [1.82, 2.24) is 9.13 Å². The Morgan fingerprint density at radius 1 is 0.417 bits per heavy atom. The number of para-hydroxylation sites is 3. The molecule has 222 valence electrons. The molecule has 0 saturated carbocycles. The molecule has 10 rings (SSSR count). The van der Waals surface area contributed by atoms with E-state index in [2.05, 4.69) is 167 Å². The van der Waals surface area contributed by atoms with Crippen LogP contribution in [0.4, 0.5) is 0 Å². The van der Waals surface area contributed by atoms with Gasteiger partial charge in [0.25, 0.3) is 0 Å². The maximum atomic E-state index is 9.41. The van der Waals surface area contributed by atoms with Gasteiger partial charge in [0.1, 0.15) is 0 Å². The monoisotopic (exact) mass is 609 g/mol. The van der Waals surface area contributed by atoms with Gasteiger partial charge in [0.15, 0.2) is 0 Å². The Labute approximate surface area is 276 Å². The molecule has 0 amide bonds. The second-order valence-electron chi connectivity index (χ2n) is 12.5.